The van der Waals surface area contributed by atoms with Gasteiger partial charge in [-0.25, -0.2) is 0 Å². The number of ether oxygens (including phenoxy) is 4. The molecule has 1 aromatic carbocycles. The Morgan fingerprint density at radius 1 is 0.618 bits per heavy atom. The van der Waals surface area contributed by atoms with Crippen molar-refractivity contribution in [3.8, 4) is 0 Å². The Morgan fingerprint density at radius 2 is 1.09 bits per heavy atom. The minimum Gasteiger partial charge on any atom is -0.376 e. The third kappa shape index (κ3) is 14.5. The molecule has 1 aliphatic rings. The molecular formula is C30H52O4. The predicted octanol–water partition coefficient (Wildman–Crippen LogP) is 8.22. The summed E-state index contributed by atoms with van der Waals surface area (Å²) in [5.74, 6) is -0.732. The Labute approximate surface area is 210 Å². The van der Waals surface area contributed by atoms with Crippen LogP contribution >= 0.6 is 0 Å². The molecule has 0 bridgehead atoms. The Kier molecular flexibility index (Phi) is 17.5. The smallest absolute Gasteiger partial charge is 0.216 e. The first kappa shape index (κ1) is 29.3. The van der Waals surface area contributed by atoms with Crippen molar-refractivity contribution in [2.24, 2.45) is 0 Å². The highest BCUT2D eigenvalue weighted by atomic mass is 16.8. The lowest BCUT2D eigenvalue weighted by molar-refractivity contribution is -0.224. The van der Waals surface area contributed by atoms with Crippen LogP contribution in [0.5, 0.6) is 0 Å². The Bertz CT molecular complexity index is 556. The van der Waals surface area contributed by atoms with Crippen LogP contribution in [0.1, 0.15) is 115 Å². The van der Waals surface area contributed by atoms with Crippen LogP contribution in [-0.2, 0) is 25.6 Å². The summed E-state index contributed by atoms with van der Waals surface area (Å²) in [6.07, 6.45) is 22.1. The summed E-state index contributed by atoms with van der Waals surface area (Å²) in [4.78, 5) is 0. The zero-order chi connectivity index (χ0) is 24.0. The molecule has 1 heterocycles. The van der Waals surface area contributed by atoms with E-state index in [4.69, 9.17) is 18.9 Å². The zero-order valence-corrected chi connectivity index (χ0v) is 22.1. The summed E-state index contributed by atoms with van der Waals surface area (Å²) in [6.45, 7) is 5.69. The SMILES string of the molecule is CCCCCCCCCCCCCCCCCCOCC1(COCc2ccccc2)OCCO1. The summed E-state index contributed by atoms with van der Waals surface area (Å²) in [6, 6.07) is 10.2. The average molecular weight is 477 g/mol. The van der Waals surface area contributed by atoms with E-state index in [1.54, 1.807) is 0 Å². The molecule has 0 aliphatic carbocycles. The molecule has 1 fully saturated rings. The molecule has 0 N–H and O–H groups in total. The van der Waals surface area contributed by atoms with Crippen LogP contribution < -0.4 is 0 Å². The van der Waals surface area contributed by atoms with Gasteiger partial charge in [-0.1, -0.05) is 134 Å². The van der Waals surface area contributed by atoms with Crippen molar-refractivity contribution in [2.45, 2.75) is 122 Å². The molecule has 0 unspecified atom stereocenters. The molecule has 0 amide bonds. The van der Waals surface area contributed by atoms with E-state index < -0.39 is 5.79 Å². The van der Waals surface area contributed by atoms with Crippen molar-refractivity contribution in [1.82, 2.24) is 0 Å². The van der Waals surface area contributed by atoms with Gasteiger partial charge in [0.1, 0.15) is 13.2 Å². The van der Waals surface area contributed by atoms with Crippen molar-refractivity contribution in [1.29, 1.82) is 0 Å². The van der Waals surface area contributed by atoms with E-state index in [-0.39, 0.29) is 0 Å². The number of benzene rings is 1. The lowest BCUT2D eigenvalue weighted by Crippen LogP contribution is -2.41. The van der Waals surface area contributed by atoms with Gasteiger partial charge in [0.15, 0.2) is 0 Å². The highest BCUT2D eigenvalue weighted by Gasteiger charge is 2.37. The molecule has 0 atom stereocenters. The van der Waals surface area contributed by atoms with E-state index in [1.165, 1.54) is 96.3 Å². The lowest BCUT2D eigenvalue weighted by atomic mass is 10.0. The highest BCUT2D eigenvalue weighted by Crippen LogP contribution is 2.21. The van der Waals surface area contributed by atoms with Gasteiger partial charge < -0.3 is 18.9 Å². The first-order valence-electron chi connectivity index (χ1n) is 14.3. The van der Waals surface area contributed by atoms with Crippen molar-refractivity contribution in [3.05, 3.63) is 35.9 Å². The lowest BCUT2D eigenvalue weighted by Gasteiger charge is -2.27. The van der Waals surface area contributed by atoms with E-state index in [0.29, 0.717) is 33.0 Å². The molecular weight excluding hydrogens is 424 g/mol. The van der Waals surface area contributed by atoms with Crippen LogP contribution in [0.15, 0.2) is 30.3 Å². The summed E-state index contributed by atoms with van der Waals surface area (Å²) in [5.41, 5.74) is 1.16. The number of unbranched alkanes of at least 4 members (excludes halogenated alkanes) is 15. The Balaban J connectivity index is 1.35. The molecule has 1 aliphatic heterocycles. The minimum atomic E-state index is -0.732. The summed E-state index contributed by atoms with van der Waals surface area (Å²) >= 11 is 0. The summed E-state index contributed by atoms with van der Waals surface area (Å²) in [7, 11) is 0. The fourth-order valence-corrected chi connectivity index (χ4v) is 4.58. The predicted molar refractivity (Wildman–Crippen MR) is 141 cm³/mol. The third-order valence-corrected chi connectivity index (χ3v) is 6.71. The maximum absolute atomic E-state index is 5.91. The second-order valence-electron chi connectivity index (χ2n) is 9.94. The van der Waals surface area contributed by atoms with Gasteiger partial charge in [-0.15, -0.1) is 0 Å². The summed E-state index contributed by atoms with van der Waals surface area (Å²) in [5, 5.41) is 0. The highest BCUT2D eigenvalue weighted by molar-refractivity contribution is 5.13. The molecule has 1 aromatic rings. The van der Waals surface area contributed by atoms with Gasteiger partial charge >= 0.3 is 0 Å². The van der Waals surface area contributed by atoms with Gasteiger partial charge in [0.25, 0.3) is 0 Å². The van der Waals surface area contributed by atoms with Crippen LogP contribution in [0, 0.1) is 0 Å². The van der Waals surface area contributed by atoms with Crippen LogP contribution in [0.3, 0.4) is 0 Å². The van der Waals surface area contributed by atoms with Gasteiger partial charge in [-0.3, -0.25) is 0 Å². The molecule has 34 heavy (non-hydrogen) atoms. The fourth-order valence-electron chi connectivity index (χ4n) is 4.58. The van der Waals surface area contributed by atoms with Crippen LogP contribution in [-0.4, -0.2) is 38.8 Å². The maximum atomic E-state index is 5.91. The van der Waals surface area contributed by atoms with E-state index >= 15 is 0 Å². The Hall–Kier alpha value is -0.940. The molecule has 4 heteroatoms. The summed E-state index contributed by atoms with van der Waals surface area (Å²) < 4.78 is 23.5. The molecule has 4 nitrogen and oxygen atoms in total. The molecule has 0 aromatic heterocycles. The fraction of sp³-hybridized carbons (Fsp3) is 0.800. The number of rotatable bonds is 23. The van der Waals surface area contributed by atoms with Gasteiger partial charge in [0.05, 0.1) is 19.8 Å². The first-order valence-corrected chi connectivity index (χ1v) is 14.3. The first-order chi connectivity index (χ1) is 16.8. The largest absolute Gasteiger partial charge is 0.376 e. The molecule has 0 saturated carbocycles. The number of hydrogen-bond donors (Lipinski definition) is 0. The van der Waals surface area contributed by atoms with Gasteiger partial charge in [-0.2, -0.15) is 0 Å². The third-order valence-electron chi connectivity index (χ3n) is 6.71. The molecule has 0 radical (unpaired) electrons. The van der Waals surface area contributed by atoms with Crippen LogP contribution in [0.2, 0.25) is 0 Å². The maximum Gasteiger partial charge on any atom is 0.216 e. The van der Waals surface area contributed by atoms with E-state index in [9.17, 15) is 0 Å². The van der Waals surface area contributed by atoms with Crippen molar-refractivity contribution in [2.75, 3.05) is 33.0 Å². The monoisotopic (exact) mass is 476 g/mol. The van der Waals surface area contributed by atoms with Crippen molar-refractivity contribution < 1.29 is 18.9 Å². The van der Waals surface area contributed by atoms with Crippen molar-refractivity contribution >= 4 is 0 Å². The second kappa shape index (κ2) is 20.3. The Morgan fingerprint density at radius 3 is 1.62 bits per heavy atom. The average Bonchev–Trinajstić information content (AvgIpc) is 3.33. The topological polar surface area (TPSA) is 36.9 Å². The molecule has 0 spiro atoms. The molecule has 196 valence electrons. The zero-order valence-electron chi connectivity index (χ0n) is 22.1. The van der Waals surface area contributed by atoms with E-state index in [0.717, 1.165) is 18.6 Å². The molecule has 1 saturated heterocycles. The quantitative estimate of drug-likeness (QED) is 0.149. The normalized spacial score (nSPS) is 15.2. The minimum absolute atomic E-state index is 0.404. The van der Waals surface area contributed by atoms with Crippen molar-refractivity contribution in [3.63, 3.8) is 0 Å². The van der Waals surface area contributed by atoms with Gasteiger partial charge in [0, 0.05) is 6.61 Å². The van der Waals surface area contributed by atoms with Gasteiger partial charge in [0.2, 0.25) is 5.79 Å². The van der Waals surface area contributed by atoms with Crippen LogP contribution in [0.25, 0.3) is 0 Å². The van der Waals surface area contributed by atoms with E-state index in [1.807, 2.05) is 18.2 Å². The molecule has 2 rings (SSSR count). The van der Waals surface area contributed by atoms with E-state index in [2.05, 4.69) is 19.1 Å². The number of hydrogen-bond acceptors (Lipinski definition) is 4. The van der Waals surface area contributed by atoms with Crippen LogP contribution in [0.4, 0.5) is 0 Å². The van der Waals surface area contributed by atoms with Gasteiger partial charge in [-0.05, 0) is 12.0 Å². The second-order valence-corrected chi connectivity index (χ2v) is 9.94. The standard InChI is InChI=1S/C30H52O4/c1-2-3-4-5-6-7-8-9-10-11-12-13-14-15-16-20-23-31-27-30(33-24-25-34-30)28-32-26-29-21-18-17-19-22-29/h17-19,21-22H,2-16,20,23-28H2,1H3.